The molecule has 1 fully saturated rings. The van der Waals surface area contributed by atoms with Crippen molar-refractivity contribution in [1.29, 1.82) is 0 Å². The first kappa shape index (κ1) is 10.9. The van der Waals surface area contributed by atoms with Crippen LogP contribution in [0.4, 0.5) is 0 Å². The van der Waals surface area contributed by atoms with Crippen molar-refractivity contribution in [3.63, 3.8) is 0 Å². The number of rotatable bonds is 3. The van der Waals surface area contributed by atoms with Crippen molar-refractivity contribution in [2.45, 2.75) is 38.3 Å². The molecule has 1 saturated heterocycles. The third kappa shape index (κ3) is 2.40. The fraction of sp³-hybridized carbons (Fsp3) is 1.00. The minimum Gasteiger partial charge on any atom is -0.396 e. The Bertz CT molecular complexity index is 137. The average Bonchev–Trinajstić information content (AvgIpc) is 2.18. The van der Waals surface area contributed by atoms with Crippen LogP contribution in [0.2, 0.25) is 0 Å². The molecule has 1 heterocycles. The Morgan fingerprint density at radius 3 is 2.69 bits per heavy atom. The van der Waals surface area contributed by atoms with E-state index < -0.39 is 6.10 Å². The van der Waals surface area contributed by atoms with E-state index in [4.69, 9.17) is 14.6 Å². The molecule has 0 aromatic rings. The smallest absolute Gasteiger partial charge is 0.158 e. The molecule has 1 aliphatic heterocycles. The van der Waals surface area contributed by atoms with Crippen LogP contribution in [-0.4, -0.2) is 42.4 Å². The van der Waals surface area contributed by atoms with Gasteiger partial charge in [0.05, 0.1) is 12.2 Å². The maximum absolute atomic E-state index is 9.70. The molecule has 4 atom stereocenters. The maximum Gasteiger partial charge on any atom is 0.158 e. The number of methoxy groups -OCH3 is 1. The molecule has 1 rings (SSSR count). The zero-order chi connectivity index (χ0) is 9.84. The van der Waals surface area contributed by atoms with Crippen LogP contribution in [0.3, 0.4) is 0 Å². The van der Waals surface area contributed by atoms with Gasteiger partial charge >= 0.3 is 0 Å². The zero-order valence-corrected chi connectivity index (χ0v) is 8.14. The van der Waals surface area contributed by atoms with E-state index in [2.05, 4.69) is 0 Å². The molecule has 0 aliphatic carbocycles. The summed E-state index contributed by atoms with van der Waals surface area (Å²) in [4.78, 5) is 0. The van der Waals surface area contributed by atoms with E-state index in [1.54, 1.807) is 7.11 Å². The number of aliphatic hydroxyl groups excluding tert-OH is 2. The first-order valence-electron chi connectivity index (χ1n) is 4.70. The summed E-state index contributed by atoms with van der Waals surface area (Å²) < 4.78 is 10.5. The minimum atomic E-state index is -0.568. The standard InChI is InChI=1S/C9H18O4/c1-3-7-9(11)6(5-10)4-8(12-2)13-7/h6-11H,3-5H2,1-2H3. The summed E-state index contributed by atoms with van der Waals surface area (Å²) in [6, 6.07) is 0. The molecule has 0 aromatic heterocycles. The van der Waals surface area contributed by atoms with Gasteiger partial charge in [0.15, 0.2) is 6.29 Å². The normalized spacial score (nSPS) is 40.6. The molecule has 2 N–H and O–H groups in total. The van der Waals surface area contributed by atoms with Crippen molar-refractivity contribution in [2.75, 3.05) is 13.7 Å². The highest BCUT2D eigenvalue weighted by molar-refractivity contribution is 4.81. The molecule has 0 aromatic carbocycles. The maximum atomic E-state index is 9.70. The van der Waals surface area contributed by atoms with Crippen molar-refractivity contribution in [1.82, 2.24) is 0 Å². The van der Waals surface area contributed by atoms with E-state index >= 15 is 0 Å². The molecule has 4 nitrogen and oxygen atoms in total. The van der Waals surface area contributed by atoms with Gasteiger partial charge in [0, 0.05) is 26.1 Å². The van der Waals surface area contributed by atoms with E-state index in [9.17, 15) is 5.11 Å². The van der Waals surface area contributed by atoms with Crippen LogP contribution in [0.1, 0.15) is 19.8 Å². The highest BCUT2D eigenvalue weighted by atomic mass is 16.7. The Balaban J connectivity index is 2.56. The number of hydrogen-bond acceptors (Lipinski definition) is 4. The van der Waals surface area contributed by atoms with Crippen molar-refractivity contribution in [3.05, 3.63) is 0 Å². The Morgan fingerprint density at radius 1 is 1.54 bits per heavy atom. The van der Waals surface area contributed by atoms with Gasteiger partial charge in [0.25, 0.3) is 0 Å². The fourth-order valence-electron chi connectivity index (χ4n) is 1.69. The van der Waals surface area contributed by atoms with Crippen LogP contribution in [0, 0.1) is 5.92 Å². The predicted octanol–water partition coefficient (Wildman–Crippen LogP) is 0.127. The largest absolute Gasteiger partial charge is 0.396 e. The lowest BCUT2D eigenvalue weighted by molar-refractivity contribution is -0.233. The van der Waals surface area contributed by atoms with E-state index in [-0.39, 0.29) is 24.9 Å². The lowest BCUT2D eigenvalue weighted by Gasteiger charge is -2.37. The van der Waals surface area contributed by atoms with Gasteiger partial charge < -0.3 is 19.7 Å². The van der Waals surface area contributed by atoms with Crippen LogP contribution in [-0.2, 0) is 9.47 Å². The summed E-state index contributed by atoms with van der Waals surface area (Å²) in [5.41, 5.74) is 0. The number of aliphatic hydroxyl groups is 2. The first-order chi connectivity index (χ1) is 6.22. The second kappa shape index (κ2) is 4.91. The molecule has 0 spiro atoms. The highest BCUT2D eigenvalue weighted by Crippen LogP contribution is 2.27. The van der Waals surface area contributed by atoms with Crippen LogP contribution < -0.4 is 0 Å². The third-order valence-corrected chi connectivity index (χ3v) is 2.59. The first-order valence-corrected chi connectivity index (χ1v) is 4.70. The quantitative estimate of drug-likeness (QED) is 0.664. The third-order valence-electron chi connectivity index (χ3n) is 2.59. The molecular weight excluding hydrogens is 172 g/mol. The summed E-state index contributed by atoms with van der Waals surface area (Å²) in [5.74, 6) is -0.122. The van der Waals surface area contributed by atoms with E-state index in [0.29, 0.717) is 6.42 Å². The molecule has 13 heavy (non-hydrogen) atoms. The molecule has 1 aliphatic rings. The SMILES string of the molecule is CCC1OC(OC)CC(CO)C1O. The van der Waals surface area contributed by atoms with Crippen molar-refractivity contribution < 1.29 is 19.7 Å². The lowest BCUT2D eigenvalue weighted by atomic mass is 9.91. The topological polar surface area (TPSA) is 58.9 Å². The number of hydrogen-bond donors (Lipinski definition) is 2. The van der Waals surface area contributed by atoms with E-state index in [1.165, 1.54) is 0 Å². The molecule has 78 valence electrons. The fourth-order valence-corrected chi connectivity index (χ4v) is 1.69. The Hall–Kier alpha value is -0.160. The molecule has 0 saturated carbocycles. The van der Waals surface area contributed by atoms with Crippen LogP contribution in [0.5, 0.6) is 0 Å². The van der Waals surface area contributed by atoms with Gasteiger partial charge in [0.2, 0.25) is 0 Å². The van der Waals surface area contributed by atoms with Gasteiger partial charge in [-0.2, -0.15) is 0 Å². The summed E-state index contributed by atoms with van der Waals surface area (Å²) in [6.07, 6.45) is 0.227. The molecule has 4 unspecified atom stereocenters. The Kier molecular flexibility index (Phi) is 4.12. The number of ether oxygens (including phenoxy) is 2. The summed E-state index contributed by atoms with van der Waals surface area (Å²) in [5, 5.41) is 18.7. The van der Waals surface area contributed by atoms with Gasteiger partial charge in [-0.05, 0) is 6.42 Å². The predicted molar refractivity (Wildman–Crippen MR) is 47.2 cm³/mol. The van der Waals surface area contributed by atoms with Gasteiger partial charge in [-0.1, -0.05) is 6.92 Å². The summed E-state index contributed by atoms with van der Waals surface area (Å²) >= 11 is 0. The van der Waals surface area contributed by atoms with Crippen molar-refractivity contribution >= 4 is 0 Å². The van der Waals surface area contributed by atoms with Gasteiger partial charge in [-0.25, -0.2) is 0 Å². The van der Waals surface area contributed by atoms with Crippen LogP contribution >= 0.6 is 0 Å². The lowest BCUT2D eigenvalue weighted by Crippen LogP contribution is -2.46. The van der Waals surface area contributed by atoms with Crippen molar-refractivity contribution in [3.8, 4) is 0 Å². The van der Waals surface area contributed by atoms with Crippen LogP contribution in [0.25, 0.3) is 0 Å². The minimum absolute atomic E-state index is 0.0130. The molecular formula is C9H18O4. The van der Waals surface area contributed by atoms with Gasteiger partial charge in [0.1, 0.15) is 0 Å². The molecule has 0 radical (unpaired) electrons. The molecule has 4 heteroatoms. The van der Waals surface area contributed by atoms with Crippen LogP contribution in [0.15, 0.2) is 0 Å². The van der Waals surface area contributed by atoms with Gasteiger partial charge in [-0.15, -0.1) is 0 Å². The van der Waals surface area contributed by atoms with Crippen molar-refractivity contribution in [2.24, 2.45) is 5.92 Å². The van der Waals surface area contributed by atoms with E-state index in [1.807, 2.05) is 6.92 Å². The average molecular weight is 190 g/mol. The van der Waals surface area contributed by atoms with Gasteiger partial charge in [-0.3, -0.25) is 0 Å². The second-order valence-corrected chi connectivity index (χ2v) is 3.42. The summed E-state index contributed by atoms with van der Waals surface area (Å²) in [7, 11) is 1.57. The Labute approximate surface area is 78.5 Å². The monoisotopic (exact) mass is 190 g/mol. The Morgan fingerprint density at radius 2 is 2.23 bits per heavy atom. The molecule has 0 bridgehead atoms. The molecule has 0 amide bonds. The second-order valence-electron chi connectivity index (χ2n) is 3.42. The zero-order valence-electron chi connectivity index (χ0n) is 8.14. The summed E-state index contributed by atoms with van der Waals surface area (Å²) in [6.45, 7) is 1.93. The highest BCUT2D eigenvalue weighted by Gasteiger charge is 2.36. The van der Waals surface area contributed by atoms with E-state index in [0.717, 1.165) is 6.42 Å².